The summed E-state index contributed by atoms with van der Waals surface area (Å²) in [7, 11) is 0. The molecule has 0 radical (unpaired) electrons. The van der Waals surface area contributed by atoms with Gasteiger partial charge in [-0.1, -0.05) is 42.2 Å². The van der Waals surface area contributed by atoms with Crippen LogP contribution in [0.15, 0.2) is 53.3 Å². The zero-order chi connectivity index (χ0) is 15.6. The van der Waals surface area contributed by atoms with Crippen molar-refractivity contribution >= 4 is 22.0 Å². The van der Waals surface area contributed by atoms with Crippen molar-refractivity contribution in [1.29, 1.82) is 0 Å². The molecule has 0 atom stereocenters. The Hall–Kier alpha value is -2.32. The van der Waals surface area contributed by atoms with Crippen molar-refractivity contribution in [2.45, 2.75) is 13.0 Å². The van der Waals surface area contributed by atoms with E-state index >= 15 is 0 Å². The number of amides is 1. The highest BCUT2D eigenvalue weighted by Gasteiger charge is 2.00. The van der Waals surface area contributed by atoms with Crippen LogP contribution in [0.2, 0.25) is 0 Å². The Morgan fingerprint density at radius 1 is 1.23 bits per heavy atom. The van der Waals surface area contributed by atoms with Gasteiger partial charge in [0.25, 0.3) is 0 Å². The molecule has 1 heterocycles. The minimum Gasteiger partial charge on any atom is -0.445 e. The second-order valence-electron chi connectivity index (χ2n) is 4.41. The molecular weight excluding hydrogens is 344 g/mol. The second-order valence-corrected chi connectivity index (χ2v) is 5.22. The van der Waals surface area contributed by atoms with Gasteiger partial charge in [0.15, 0.2) is 0 Å². The topological polar surface area (TPSA) is 51.2 Å². The first-order chi connectivity index (χ1) is 10.7. The fourth-order valence-corrected chi connectivity index (χ4v) is 1.85. The van der Waals surface area contributed by atoms with Crippen molar-refractivity contribution in [3.8, 4) is 11.8 Å². The average molecular weight is 359 g/mol. The smallest absolute Gasteiger partial charge is 0.407 e. The van der Waals surface area contributed by atoms with Gasteiger partial charge in [0.1, 0.15) is 11.2 Å². The van der Waals surface area contributed by atoms with Crippen molar-refractivity contribution < 1.29 is 9.53 Å². The van der Waals surface area contributed by atoms with Crippen LogP contribution in [0.4, 0.5) is 4.79 Å². The lowest BCUT2D eigenvalue weighted by atomic mass is 10.2. The van der Waals surface area contributed by atoms with Gasteiger partial charge >= 0.3 is 6.09 Å². The fraction of sp³-hybridized carbons (Fsp3) is 0.176. The van der Waals surface area contributed by atoms with Crippen LogP contribution in [0.3, 0.4) is 0 Å². The molecule has 4 nitrogen and oxygen atoms in total. The molecule has 1 aromatic heterocycles. The number of nitrogens with one attached hydrogen (secondary N) is 1. The third-order valence-electron chi connectivity index (χ3n) is 2.69. The minimum absolute atomic E-state index is 0.267. The maximum absolute atomic E-state index is 11.5. The number of carbonyl (C=O) groups is 1. The molecule has 22 heavy (non-hydrogen) atoms. The number of ether oxygens (including phenoxy) is 1. The Morgan fingerprint density at radius 3 is 2.77 bits per heavy atom. The number of hydrogen-bond donors (Lipinski definition) is 1. The first-order valence-corrected chi connectivity index (χ1v) is 7.58. The molecule has 1 amide bonds. The molecule has 0 aliphatic rings. The Labute approximate surface area is 138 Å². The summed E-state index contributed by atoms with van der Waals surface area (Å²) in [6.45, 7) is 0.716. The van der Waals surface area contributed by atoms with E-state index in [-0.39, 0.29) is 6.61 Å². The van der Waals surface area contributed by atoms with E-state index in [1.807, 2.05) is 42.5 Å². The summed E-state index contributed by atoms with van der Waals surface area (Å²) in [5.41, 5.74) is 1.80. The summed E-state index contributed by atoms with van der Waals surface area (Å²) in [5, 5.41) is 2.66. The number of rotatable bonds is 4. The van der Waals surface area contributed by atoms with E-state index in [1.54, 1.807) is 6.20 Å². The molecule has 1 N–H and O–H groups in total. The summed E-state index contributed by atoms with van der Waals surface area (Å²) in [6, 6.07) is 13.3. The summed E-state index contributed by atoms with van der Waals surface area (Å²) < 4.78 is 5.87. The van der Waals surface area contributed by atoms with Crippen LogP contribution in [-0.4, -0.2) is 17.6 Å². The summed E-state index contributed by atoms with van der Waals surface area (Å²) in [4.78, 5) is 15.6. The van der Waals surface area contributed by atoms with Gasteiger partial charge < -0.3 is 10.1 Å². The van der Waals surface area contributed by atoms with Gasteiger partial charge in [0.05, 0.1) is 0 Å². The third-order valence-corrected chi connectivity index (χ3v) is 3.16. The number of carbonyl (C=O) groups excluding carboxylic acids is 1. The van der Waals surface area contributed by atoms with Crippen molar-refractivity contribution in [3.05, 3.63) is 64.4 Å². The number of nitrogens with zero attached hydrogens (tertiary/aromatic N) is 1. The maximum atomic E-state index is 11.5. The number of benzene rings is 1. The Bertz CT molecular complexity index is 661. The van der Waals surface area contributed by atoms with Gasteiger partial charge in [-0.05, 0) is 33.6 Å². The summed E-state index contributed by atoms with van der Waals surface area (Å²) in [6.07, 6.45) is 1.81. The van der Waals surface area contributed by atoms with Crippen molar-refractivity contribution in [2.75, 3.05) is 6.54 Å². The quantitative estimate of drug-likeness (QED) is 0.516. The highest BCUT2D eigenvalue weighted by molar-refractivity contribution is 9.10. The first-order valence-electron chi connectivity index (χ1n) is 6.79. The number of pyridine rings is 1. The Kier molecular flexibility index (Phi) is 6.46. The molecule has 2 aromatic rings. The number of halogens is 1. The minimum atomic E-state index is -0.434. The van der Waals surface area contributed by atoms with Gasteiger partial charge in [-0.3, -0.25) is 0 Å². The second kappa shape index (κ2) is 8.85. The van der Waals surface area contributed by atoms with Gasteiger partial charge in [-0.15, -0.1) is 0 Å². The Balaban J connectivity index is 1.64. The average Bonchev–Trinajstić information content (AvgIpc) is 2.55. The number of hydrogen-bond acceptors (Lipinski definition) is 3. The molecule has 0 saturated carbocycles. The fourth-order valence-electron chi connectivity index (χ4n) is 1.62. The zero-order valence-electron chi connectivity index (χ0n) is 11.9. The molecule has 0 saturated heterocycles. The lowest BCUT2D eigenvalue weighted by Crippen LogP contribution is -2.24. The van der Waals surface area contributed by atoms with Gasteiger partial charge in [0, 0.05) is 24.7 Å². The van der Waals surface area contributed by atoms with Gasteiger partial charge in [-0.2, -0.15) is 0 Å². The lowest BCUT2D eigenvalue weighted by molar-refractivity contribution is 0.140. The van der Waals surface area contributed by atoms with E-state index < -0.39 is 6.09 Å². The summed E-state index contributed by atoms with van der Waals surface area (Å²) in [5.74, 6) is 5.95. The molecule has 5 heteroatoms. The van der Waals surface area contributed by atoms with E-state index in [0.29, 0.717) is 13.0 Å². The third kappa shape index (κ3) is 5.98. The van der Waals surface area contributed by atoms with E-state index in [0.717, 1.165) is 15.7 Å². The largest absolute Gasteiger partial charge is 0.445 e. The van der Waals surface area contributed by atoms with E-state index in [2.05, 4.69) is 38.1 Å². The van der Waals surface area contributed by atoms with Crippen molar-refractivity contribution in [1.82, 2.24) is 10.3 Å². The van der Waals surface area contributed by atoms with Crippen LogP contribution >= 0.6 is 15.9 Å². The molecule has 0 aliphatic heterocycles. The summed E-state index contributed by atoms with van der Waals surface area (Å²) >= 11 is 3.27. The van der Waals surface area contributed by atoms with Crippen LogP contribution < -0.4 is 5.32 Å². The van der Waals surface area contributed by atoms with Gasteiger partial charge in [0.2, 0.25) is 0 Å². The van der Waals surface area contributed by atoms with Crippen LogP contribution in [0, 0.1) is 11.8 Å². The van der Waals surface area contributed by atoms with Crippen LogP contribution in [0.1, 0.15) is 17.5 Å². The van der Waals surface area contributed by atoms with Crippen molar-refractivity contribution in [2.24, 2.45) is 0 Å². The molecular formula is C17H15BrN2O2. The predicted octanol–water partition coefficient (Wildman–Crippen LogP) is 3.51. The standard InChI is InChI=1S/C17H15BrN2O2/c18-16-10-9-14(12-20-16)6-4-5-11-19-17(21)22-13-15-7-2-1-3-8-15/h1-3,7-10,12H,5,11,13H2,(H,19,21). The monoisotopic (exact) mass is 358 g/mol. The molecule has 1 aromatic carbocycles. The van der Waals surface area contributed by atoms with E-state index in [4.69, 9.17) is 4.74 Å². The molecule has 0 fully saturated rings. The highest BCUT2D eigenvalue weighted by Crippen LogP contribution is 2.05. The zero-order valence-corrected chi connectivity index (χ0v) is 13.5. The maximum Gasteiger partial charge on any atom is 0.407 e. The van der Waals surface area contributed by atoms with Crippen LogP contribution in [0.5, 0.6) is 0 Å². The first kappa shape index (κ1) is 16.1. The molecule has 0 bridgehead atoms. The van der Waals surface area contributed by atoms with Crippen LogP contribution in [-0.2, 0) is 11.3 Å². The van der Waals surface area contributed by atoms with E-state index in [9.17, 15) is 4.79 Å². The predicted molar refractivity (Wildman–Crippen MR) is 88.1 cm³/mol. The normalized spacial score (nSPS) is 9.50. The SMILES string of the molecule is O=C(NCCC#Cc1ccc(Br)nc1)OCc1ccccc1. The molecule has 2 rings (SSSR count). The molecule has 0 aliphatic carbocycles. The Morgan fingerprint density at radius 2 is 2.05 bits per heavy atom. The molecule has 0 unspecified atom stereocenters. The van der Waals surface area contributed by atoms with E-state index in [1.165, 1.54) is 0 Å². The number of aromatic nitrogens is 1. The number of alkyl carbamates (subject to hydrolysis) is 1. The molecule has 0 spiro atoms. The van der Waals surface area contributed by atoms with Gasteiger partial charge in [-0.25, -0.2) is 9.78 Å². The molecule has 112 valence electrons. The van der Waals surface area contributed by atoms with Crippen LogP contribution in [0.25, 0.3) is 0 Å². The highest BCUT2D eigenvalue weighted by atomic mass is 79.9. The van der Waals surface area contributed by atoms with Crippen molar-refractivity contribution in [3.63, 3.8) is 0 Å². The lowest BCUT2D eigenvalue weighted by Gasteiger charge is -2.05.